The minimum absolute atomic E-state index is 0.0507. The lowest BCUT2D eigenvalue weighted by Crippen LogP contribution is -2.21. The van der Waals surface area contributed by atoms with Crippen molar-refractivity contribution in [2.24, 2.45) is 0 Å². The summed E-state index contributed by atoms with van der Waals surface area (Å²) in [6, 6.07) is 13.8. The number of hydrogen-bond acceptors (Lipinski definition) is 6. The number of amides is 1. The van der Waals surface area contributed by atoms with Crippen LogP contribution < -0.4 is 5.32 Å². The first-order chi connectivity index (χ1) is 12.1. The Morgan fingerprint density at radius 1 is 1.20 bits per heavy atom. The molecular formula is C16H14N6O3. The van der Waals surface area contributed by atoms with Gasteiger partial charge in [-0.05, 0) is 23.4 Å². The molecule has 0 saturated carbocycles. The van der Waals surface area contributed by atoms with Gasteiger partial charge in [-0.1, -0.05) is 36.4 Å². The Morgan fingerprint density at radius 3 is 2.68 bits per heavy atom. The van der Waals surface area contributed by atoms with Crippen LogP contribution in [0, 0.1) is 17.0 Å². The minimum atomic E-state index is -0.486. The second-order valence-corrected chi connectivity index (χ2v) is 5.28. The highest BCUT2D eigenvalue weighted by Gasteiger charge is 2.16. The molecular weight excluding hydrogens is 324 g/mol. The Hall–Kier alpha value is -3.62. The highest BCUT2D eigenvalue weighted by Crippen LogP contribution is 2.25. The predicted octanol–water partition coefficient (Wildman–Crippen LogP) is 2.20. The molecule has 0 aliphatic carbocycles. The molecule has 0 spiro atoms. The van der Waals surface area contributed by atoms with Gasteiger partial charge in [-0.25, -0.2) is 4.68 Å². The molecule has 0 aliphatic heterocycles. The Morgan fingerprint density at radius 2 is 1.96 bits per heavy atom. The van der Waals surface area contributed by atoms with Crippen LogP contribution in [0.3, 0.4) is 0 Å². The van der Waals surface area contributed by atoms with Crippen molar-refractivity contribution >= 4 is 17.3 Å². The van der Waals surface area contributed by atoms with Gasteiger partial charge in [0.25, 0.3) is 5.69 Å². The molecule has 1 heterocycles. The maximum Gasteiger partial charge on any atom is 0.274 e. The molecule has 3 aromatic rings. The van der Waals surface area contributed by atoms with E-state index in [4.69, 9.17) is 0 Å². The maximum absolute atomic E-state index is 12.3. The number of rotatable bonds is 5. The zero-order chi connectivity index (χ0) is 17.8. The topological polar surface area (TPSA) is 116 Å². The number of anilines is 1. The third-order valence-electron chi connectivity index (χ3n) is 3.63. The first kappa shape index (κ1) is 16.2. The molecule has 2 aromatic carbocycles. The zero-order valence-corrected chi connectivity index (χ0v) is 13.3. The van der Waals surface area contributed by atoms with Gasteiger partial charge in [0, 0.05) is 11.6 Å². The number of nitro benzene ring substituents is 1. The molecule has 25 heavy (non-hydrogen) atoms. The van der Waals surface area contributed by atoms with E-state index in [1.54, 1.807) is 13.0 Å². The fourth-order valence-electron chi connectivity index (χ4n) is 2.39. The van der Waals surface area contributed by atoms with E-state index in [0.29, 0.717) is 17.1 Å². The van der Waals surface area contributed by atoms with Crippen LogP contribution in [0.1, 0.15) is 5.56 Å². The molecule has 0 bridgehead atoms. The van der Waals surface area contributed by atoms with Gasteiger partial charge in [0.1, 0.15) is 6.54 Å². The van der Waals surface area contributed by atoms with Crippen LogP contribution in [-0.4, -0.2) is 31.0 Å². The highest BCUT2D eigenvalue weighted by atomic mass is 16.6. The average Bonchev–Trinajstić information content (AvgIpc) is 3.05. The van der Waals surface area contributed by atoms with Crippen molar-refractivity contribution in [1.29, 1.82) is 0 Å². The second-order valence-electron chi connectivity index (χ2n) is 5.28. The first-order valence-corrected chi connectivity index (χ1v) is 7.41. The fraction of sp³-hybridized carbons (Fsp3) is 0.125. The standard InChI is InChI=1S/C16H14N6O3/c1-11-13(8-5-9-14(11)22(24)25)17-15(23)10-21-16(18-19-20-21)12-6-3-2-4-7-12/h2-9H,10H2,1H3,(H,17,23). The lowest BCUT2D eigenvalue weighted by atomic mass is 10.1. The van der Waals surface area contributed by atoms with Gasteiger partial charge in [0.15, 0.2) is 5.82 Å². The molecule has 9 nitrogen and oxygen atoms in total. The summed E-state index contributed by atoms with van der Waals surface area (Å²) in [7, 11) is 0. The van der Waals surface area contributed by atoms with Crippen LogP contribution in [0.4, 0.5) is 11.4 Å². The van der Waals surface area contributed by atoms with Crippen LogP contribution in [0.25, 0.3) is 11.4 Å². The van der Waals surface area contributed by atoms with Gasteiger partial charge in [-0.3, -0.25) is 14.9 Å². The number of tetrazole rings is 1. The van der Waals surface area contributed by atoms with Crippen molar-refractivity contribution in [3.63, 3.8) is 0 Å². The van der Waals surface area contributed by atoms with Crippen LogP contribution >= 0.6 is 0 Å². The van der Waals surface area contributed by atoms with E-state index in [1.807, 2.05) is 30.3 Å². The second kappa shape index (κ2) is 6.87. The van der Waals surface area contributed by atoms with Crippen LogP contribution in [0.5, 0.6) is 0 Å². The quantitative estimate of drug-likeness (QED) is 0.563. The van der Waals surface area contributed by atoms with Gasteiger partial charge >= 0.3 is 0 Å². The summed E-state index contributed by atoms with van der Waals surface area (Å²) in [5, 5.41) is 25.0. The molecule has 0 saturated heterocycles. The van der Waals surface area contributed by atoms with Crippen molar-refractivity contribution in [3.8, 4) is 11.4 Å². The number of carbonyl (C=O) groups is 1. The van der Waals surface area contributed by atoms with Gasteiger partial charge < -0.3 is 5.32 Å². The largest absolute Gasteiger partial charge is 0.324 e. The number of nitrogens with one attached hydrogen (secondary N) is 1. The van der Waals surface area contributed by atoms with Crippen molar-refractivity contribution in [3.05, 3.63) is 64.2 Å². The number of aromatic nitrogens is 4. The maximum atomic E-state index is 12.3. The Bertz CT molecular complexity index is 923. The van der Waals surface area contributed by atoms with Crippen LogP contribution in [0.2, 0.25) is 0 Å². The number of benzene rings is 2. The third-order valence-corrected chi connectivity index (χ3v) is 3.63. The van der Waals surface area contributed by atoms with Gasteiger partial charge in [-0.15, -0.1) is 5.10 Å². The molecule has 3 rings (SSSR count). The summed E-state index contributed by atoms with van der Waals surface area (Å²) in [4.78, 5) is 22.8. The number of nitrogens with zero attached hydrogens (tertiary/aromatic N) is 5. The molecule has 1 aromatic heterocycles. The summed E-state index contributed by atoms with van der Waals surface area (Å²) < 4.78 is 1.37. The zero-order valence-electron chi connectivity index (χ0n) is 13.3. The lowest BCUT2D eigenvalue weighted by molar-refractivity contribution is -0.385. The van der Waals surface area contributed by atoms with Crippen LogP contribution in [-0.2, 0) is 11.3 Å². The molecule has 1 amide bonds. The molecule has 0 radical (unpaired) electrons. The van der Waals surface area contributed by atoms with Crippen molar-refractivity contribution in [2.75, 3.05) is 5.32 Å². The first-order valence-electron chi connectivity index (χ1n) is 7.41. The SMILES string of the molecule is Cc1c(NC(=O)Cn2nnnc2-c2ccccc2)cccc1[N+](=O)[O-]. The summed E-state index contributed by atoms with van der Waals surface area (Å²) >= 11 is 0. The summed E-state index contributed by atoms with van der Waals surface area (Å²) in [5.74, 6) is 0.0830. The van der Waals surface area contributed by atoms with E-state index in [9.17, 15) is 14.9 Å². The molecule has 0 unspecified atom stereocenters. The predicted molar refractivity (Wildman–Crippen MR) is 89.7 cm³/mol. The number of carbonyl (C=O) groups excluding carboxylic acids is 1. The molecule has 0 aliphatic rings. The Kier molecular flexibility index (Phi) is 4.46. The van der Waals surface area contributed by atoms with Crippen LogP contribution in [0.15, 0.2) is 48.5 Å². The van der Waals surface area contributed by atoms with Crippen molar-refractivity contribution in [2.45, 2.75) is 13.5 Å². The molecule has 9 heteroatoms. The van der Waals surface area contributed by atoms with E-state index in [1.165, 1.54) is 16.8 Å². The molecule has 1 N–H and O–H groups in total. The summed E-state index contributed by atoms with van der Waals surface area (Å²) in [5.41, 5.74) is 1.51. The smallest absolute Gasteiger partial charge is 0.274 e. The van der Waals surface area contributed by atoms with Gasteiger partial charge in [0.05, 0.1) is 16.2 Å². The number of hydrogen-bond donors (Lipinski definition) is 1. The van der Waals surface area contributed by atoms with E-state index in [0.717, 1.165) is 5.56 Å². The molecule has 126 valence electrons. The molecule has 0 fully saturated rings. The summed E-state index contributed by atoms with van der Waals surface area (Å²) in [6.45, 7) is 1.47. The molecule has 0 atom stereocenters. The summed E-state index contributed by atoms with van der Waals surface area (Å²) in [6.07, 6.45) is 0. The van der Waals surface area contributed by atoms with Gasteiger partial charge in [0.2, 0.25) is 5.91 Å². The Balaban J connectivity index is 1.78. The third kappa shape index (κ3) is 3.50. The average molecular weight is 338 g/mol. The van der Waals surface area contributed by atoms with Crippen molar-refractivity contribution < 1.29 is 9.72 Å². The van der Waals surface area contributed by atoms with E-state index >= 15 is 0 Å². The minimum Gasteiger partial charge on any atom is -0.324 e. The Labute approximate surface area is 142 Å². The monoisotopic (exact) mass is 338 g/mol. The normalized spacial score (nSPS) is 10.4. The van der Waals surface area contributed by atoms with E-state index < -0.39 is 4.92 Å². The van der Waals surface area contributed by atoms with E-state index in [2.05, 4.69) is 20.8 Å². The van der Waals surface area contributed by atoms with Crippen molar-refractivity contribution in [1.82, 2.24) is 20.2 Å². The van der Waals surface area contributed by atoms with E-state index in [-0.39, 0.29) is 18.1 Å². The fourth-order valence-corrected chi connectivity index (χ4v) is 2.39. The number of nitro groups is 1. The lowest BCUT2D eigenvalue weighted by Gasteiger charge is -2.09. The van der Waals surface area contributed by atoms with Gasteiger partial charge in [-0.2, -0.15) is 0 Å². The highest BCUT2D eigenvalue weighted by molar-refractivity contribution is 5.92.